The number of rotatable bonds is 3. The van der Waals surface area contributed by atoms with Gasteiger partial charge in [-0.1, -0.05) is 17.7 Å². The molecular formula is C16H15N3O. The molecule has 0 unspecified atom stereocenters. The molecule has 1 aromatic heterocycles. The van der Waals surface area contributed by atoms with Gasteiger partial charge in [0.1, 0.15) is 11.6 Å². The zero-order valence-corrected chi connectivity index (χ0v) is 11.4. The first-order chi connectivity index (χ1) is 9.61. The second kappa shape index (κ2) is 5.89. The molecule has 0 saturated carbocycles. The fourth-order valence-electron chi connectivity index (χ4n) is 1.77. The van der Waals surface area contributed by atoms with Crippen molar-refractivity contribution < 1.29 is 0 Å². The number of nitriles is 1. The molecule has 2 rings (SSSR count). The lowest BCUT2D eigenvalue weighted by molar-refractivity contribution is 0.854. The maximum absolute atomic E-state index is 11.8. The molecule has 0 fully saturated rings. The Morgan fingerprint density at radius 3 is 2.60 bits per heavy atom. The van der Waals surface area contributed by atoms with Gasteiger partial charge in [-0.2, -0.15) is 5.26 Å². The van der Waals surface area contributed by atoms with E-state index in [2.05, 4.69) is 5.32 Å². The van der Waals surface area contributed by atoms with Gasteiger partial charge in [-0.25, -0.2) is 0 Å². The van der Waals surface area contributed by atoms with Crippen LogP contribution >= 0.6 is 0 Å². The Morgan fingerprint density at radius 1 is 1.25 bits per heavy atom. The molecule has 4 nitrogen and oxygen atoms in total. The van der Waals surface area contributed by atoms with E-state index in [0.29, 0.717) is 5.56 Å². The minimum absolute atomic E-state index is 0.150. The summed E-state index contributed by atoms with van der Waals surface area (Å²) >= 11 is 0. The van der Waals surface area contributed by atoms with Crippen molar-refractivity contribution in [1.29, 1.82) is 5.26 Å². The summed E-state index contributed by atoms with van der Waals surface area (Å²) in [4.78, 5) is 11.8. The van der Waals surface area contributed by atoms with E-state index in [1.165, 1.54) is 10.1 Å². The normalized spacial score (nSPS) is 10.4. The highest BCUT2D eigenvalue weighted by atomic mass is 16.1. The third kappa shape index (κ3) is 2.96. The van der Waals surface area contributed by atoms with E-state index in [1.807, 2.05) is 37.3 Å². The molecule has 20 heavy (non-hydrogen) atoms. The Labute approximate surface area is 117 Å². The number of benzene rings is 1. The first-order valence-electron chi connectivity index (χ1n) is 6.21. The van der Waals surface area contributed by atoms with Gasteiger partial charge in [0, 0.05) is 30.7 Å². The maximum Gasteiger partial charge on any atom is 0.268 e. The average Bonchev–Trinajstić information content (AvgIpc) is 2.45. The van der Waals surface area contributed by atoms with Crippen LogP contribution in [-0.4, -0.2) is 4.57 Å². The molecule has 0 radical (unpaired) electrons. The van der Waals surface area contributed by atoms with E-state index >= 15 is 0 Å². The molecule has 1 heterocycles. The van der Waals surface area contributed by atoms with Gasteiger partial charge < -0.3 is 9.88 Å². The number of hydrogen-bond acceptors (Lipinski definition) is 3. The fourth-order valence-corrected chi connectivity index (χ4v) is 1.77. The lowest BCUT2D eigenvalue weighted by Crippen LogP contribution is -2.19. The molecule has 0 bridgehead atoms. The molecule has 0 saturated heterocycles. The largest absolute Gasteiger partial charge is 0.362 e. The molecule has 2 aromatic rings. The van der Waals surface area contributed by atoms with E-state index in [4.69, 9.17) is 5.26 Å². The molecule has 0 aliphatic heterocycles. The number of pyridine rings is 1. The van der Waals surface area contributed by atoms with Crippen molar-refractivity contribution in [3.8, 4) is 6.07 Å². The number of anilines is 1. The summed E-state index contributed by atoms with van der Waals surface area (Å²) in [5.41, 5.74) is 2.61. The van der Waals surface area contributed by atoms with E-state index in [9.17, 15) is 4.79 Å². The van der Waals surface area contributed by atoms with Crippen molar-refractivity contribution in [2.75, 3.05) is 5.32 Å². The predicted octanol–water partition coefficient (Wildman–Crippen LogP) is 2.65. The number of aryl methyl sites for hydroxylation is 2. The standard InChI is InChI=1S/C16H15N3O/c1-12-3-5-14(6-4-12)18-9-7-13-8-10-19(2)16(20)15(13)11-17/h3-10,18H,1-2H3/b9-7+. The van der Waals surface area contributed by atoms with Crippen molar-refractivity contribution in [2.24, 2.45) is 7.05 Å². The second-order valence-corrected chi connectivity index (χ2v) is 4.52. The van der Waals surface area contributed by atoms with Gasteiger partial charge in [-0.3, -0.25) is 4.79 Å². The summed E-state index contributed by atoms with van der Waals surface area (Å²) in [5, 5.41) is 12.2. The lowest BCUT2D eigenvalue weighted by Gasteiger charge is -2.03. The summed E-state index contributed by atoms with van der Waals surface area (Å²) < 4.78 is 1.39. The monoisotopic (exact) mass is 265 g/mol. The highest BCUT2D eigenvalue weighted by molar-refractivity contribution is 5.60. The van der Waals surface area contributed by atoms with Crippen LogP contribution in [0.4, 0.5) is 5.69 Å². The van der Waals surface area contributed by atoms with Crippen LogP contribution in [-0.2, 0) is 7.05 Å². The van der Waals surface area contributed by atoms with Crippen LogP contribution in [0.1, 0.15) is 16.7 Å². The summed E-state index contributed by atoms with van der Waals surface area (Å²) in [6.45, 7) is 2.03. The Balaban J connectivity index is 2.20. The van der Waals surface area contributed by atoms with E-state index in [0.717, 1.165) is 5.69 Å². The van der Waals surface area contributed by atoms with Crippen LogP contribution in [0, 0.1) is 18.3 Å². The van der Waals surface area contributed by atoms with Gasteiger partial charge in [0.15, 0.2) is 0 Å². The fraction of sp³-hybridized carbons (Fsp3) is 0.125. The van der Waals surface area contributed by atoms with Gasteiger partial charge in [0.05, 0.1) is 0 Å². The third-order valence-corrected chi connectivity index (χ3v) is 2.98. The van der Waals surface area contributed by atoms with E-state index < -0.39 is 0 Å². The molecule has 0 amide bonds. The van der Waals surface area contributed by atoms with E-state index in [-0.39, 0.29) is 11.1 Å². The summed E-state index contributed by atoms with van der Waals surface area (Å²) in [6, 6.07) is 11.6. The molecule has 0 aliphatic carbocycles. The number of nitrogens with one attached hydrogen (secondary N) is 1. The molecule has 0 spiro atoms. The van der Waals surface area contributed by atoms with Gasteiger partial charge in [0.25, 0.3) is 5.56 Å². The number of aromatic nitrogens is 1. The minimum atomic E-state index is -0.287. The van der Waals surface area contributed by atoms with Gasteiger partial charge in [0.2, 0.25) is 0 Å². The van der Waals surface area contributed by atoms with Crippen LogP contribution < -0.4 is 10.9 Å². The topological polar surface area (TPSA) is 57.8 Å². The van der Waals surface area contributed by atoms with Crippen LogP contribution in [0.15, 0.2) is 47.5 Å². The van der Waals surface area contributed by atoms with Crippen molar-refractivity contribution >= 4 is 11.8 Å². The molecular weight excluding hydrogens is 250 g/mol. The van der Waals surface area contributed by atoms with Crippen molar-refractivity contribution in [3.63, 3.8) is 0 Å². The first kappa shape index (κ1) is 13.6. The zero-order chi connectivity index (χ0) is 14.5. The summed E-state index contributed by atoms with van der Waals surface area (Å²) in [6.07, 6.45) is 5.09. The van der Waals surface area contributed by atoms with Gasteiger partial charge in [-0.05, 0) is 31.2 Å². The summed E-state index contributed by atoms with van der Waals surface area (Å²) in [5.74, 6) is 0. The van der Waals surface area contributed by atoms with Gasteiger partial charge in [-0.15, -0.1) is 0 Å². The Kier molecular flexibility index (Phi) is 4.02. The average molecular weight is 265 g/mol. The van der Waals surface area contributed by atoms with Crippen molar-refractivity contribution in [3.05, 3.63) is 69.8 Å². The van der Waals surface area contributed by atoms with Crippen LogP contribution in [0.2, 0.25) is 0 Å². The SMILES string of the molecule is Cc1ccc(N/C=C/c2ccn(C)c(=O)c2C#N)cc1. The van der Waals surface area contributed by atoms with Crippen LogP contribution in [0.25, 0.3) is 6.08 Å². The Bertz CT molecular complexity index is 734. The predicted molar refractivity (Wildman–Crippen MR) is 80.2 cm³/mol. The molecule has 0 atom stereocenters. The quantitative estimate of drug-likeness (QED) is 0.928. The second-order valence-electron chi connectivity index (χ2n) is 4.52. The number of hydrogen-bond donors (Lipinski definition) is 1. The number of nitrogens with zero attached hydrogens (tertiary/aromatic N) is 2. The maximum atomic E-state index is 11.8. The highest BCUT2D eigenvalue weighted by Gasteiger charge is 2.04. The summed E-state index contributed by atoms with van der Waals surface area (Å²) in [7, 11) is 1.63. The molecule has 1 N–H and O–H groups in total. The Morgan fingerprint density at radius 2 is 1.95 bits per heavy atom. The third-order valence-electron chi connectivity index (χ3n) is 2.98. The van der Waals surface area contributed by atoms with Crippen LogP contribution in [0.5, 0.6) is 0 Å². The zero-order valence-electron chi connectivity index (χ0n) is 11.4. The molecule has 1 aromatic carbocycles. The van der Waals surface area contributed by atoms with Crippen LogP contribution in [0.3, 0.4) is 0 Å². The van der Waals surface area contributed by atoms with E-state index in [1.54, 1.807) is 31.6 Å². The molecule has 0 aliphatic rings. The van der Waals surface area contributed by atoms with Crippen molar-refractivity contribution in [2.45, 2.75) is 6.92 Å². The first-order valence-corrected chi connectivity index (χ1v) is 6.21. The molecule has 4 heteroatoms. The van der Waals surface area contributed by atoms with Gasteiger partial charge >= 0.3 is 0 Å². The highest BCUT2D eigenvalue weighted by Crippen LogP contribution is 2.10. The molecule has 100 valence electrons. The Hall–Kier alpha value is -2.80. The lowest BCUT2D eigenvalue weighted by atomic mass is 10.1. The minimum Gasteiger partial charge on any atom is -0.362 e. The van der Waals surface area contributed by atoms with Crippen molar-refractivity contribution in [1.82, 2.24) is 4.57 Å². The smallest absolute Gasteiger partial charge is 0.268 e.